The third-order valence-electron chi connectivity index (χ3n) is 4.22. The lowest BCUT2D eigenvalue weighted by atomic mass is 10.1. The molecule has 1 atom stereocenters. The molecule has 1 fully saturated rings. The first-order valence-electron chi connectivity index (χ1n) is 8.21. The van der Waals surface area contributed by atoms with Crippen molar-refractivity contribution < 1.29 is 14.3 Å². The third-order valence-corrected chi connectivity index (χ3v) is 4.22. The van der Waals surface area contributed by atoms with E-state index in [1.807, 2.05) is 30.3 Å². The van der Waals surface area contributed by atoms with Crippen molar-refractivity contribution in [2.45, 2.75) is 18.9 Å². The van der Waals surface area contributed by atoms with E-state index in [9.17, 15) is 4.79 Å². The first-order valence-corrected chi connectivity index (χ1v) is 8.21. The number of hydrogen-bond acceptors (Lipinski definition) is 5. The summed E-state index contributed by atoms with van der Waals surface area (Å²) in [6.07, 6.45) is 1.90. The summed E-state index contributed by atoms with van der Waals surface area (Å²) in [7, 11) is 0. The van der Waals surface area contributed by atoms with E-state index in [0.717, 1.165) is 42.1 Å². The number of pyridine rings is 1. The topological polar surface area (TPSA) is 72.5 Å². The molecule has 1 aromatic carbocycles. The van der Waals surface area contributed by atoms with Crippen LogP contribution in [-0.2, 0) is 4.79 Å². The maximum atomic E-state index is 12.2. The van der Waals surface area contributed by atoms with E-state index in [0.29, 0.717) is 19.0 Å². The minimum atomic E-state index is -0.121. The van der Waals surface area contributed by atoms with Gasteiger partial charge in [0.25, 0.3) is 0 Å². The minimum Gasteiger partial charge on any atom is -0.486 e. The number of carbonyl (C=O) groups is 1. The van der Waals surface area contributed by atoms with Crippen molar-refractivity contribution in [3.63, 3.8) is 0 Å². The van der Waals surface area contributed by atoms with Gasteiger partial charge in [-0.25, -0.2) is 4.98 Å². The summed E-state index contributed by atoms with van der Waals surface area (Å²) >= 11 is 0. The summed E-state index contributed by atoms with van der Waals surface area (Å²) in [4.78, 5) is 16.8. The van der Waals surface area contributed by atoms with Crippen LogP contribution in [0.4, 0.5) is 5.82 Å². The lowest BCUT2D eigenvalue weighted by Crippen LogP contribution is -2.35. The first-order chi connectivity index (χ1) is 11.8. The number of nitrogens with one attached hydrogen (secondary N) is 2. The fourth-order valence-electron chi connectivity index (χ4n) is 2.99. The molecule has 132 valence electrons. The number of rotatable bonds is 3. The van der Waals surface area contributed by atoms with Gasteiger partial charge in [-0.1, -0.05) is 6.07 Å². The molecule has 0 spiro atoms. The second-order valence-corrected chi connectivity index (χ2v) is 5.90. The van der Waals surface area contributed by atoms with Crippen LogP contribution in [-0.4, -0.2) is 36.7 Å². The van der Waals surface area contributed by atoms with E-state index in [1.165, 1.54) is 0 Å². The van der Waals surface area contributed by atoms with Gasteiger partial charge < -0.3 is 20.1 Å². The van der Waals surface area contributed by atoms with Gasteiger partial charge in [0, 0.05) is 5.56 Å². The number of benzene rings is 1. The van der Waals surface area contributed by atoms with Gasteiger partial charge in [-0.2, -0.15) is 0 Å². The summed E-state index contributed by atoms with van der Waals surface area (Å²) in [6, 6.07) is 11.2. The SMILES string of the molecule is Cl.O=C(Nc1cccc(-c2ccc3c(c2)OCCO3)n1)C1CCCN1. The van der Waals surface area contributed by atoms with E-state index in [-0.39, 0.29) is 24.4 Å². The van der Waals surface area contributed by atoms with E-state index in [1.54, 1.807) is 6.07 Å². The van der Waals surface area contributed by atoms with Crippen molar-refractivity contribution in [1.29, 1.82) is 0 Å². The second-order valence-electron chi connectivity index (χ2n) is 5.90. The molecule has 1 amide bonds. The van der Waals surface area contributed by atoms with E-state index >= 15 is 0 Å². The smallest absolute Gasteiger partial charge is 0.242 e. The molecule has 2 N–H and O–H groups in total. The Labute approximate surface area is 152 Å². The molecule has 3 heterocycles. The summed E-state index contributed by atoms with van der Waals surface area (Å²) in [5.41, 5.74) is 1.71. The van der Waals surface area contributed by atoms with Gasteiger partial charge in [-0.3, -0.25) is 4.79 Å². The predicted octanol–water partition coefficient (Wildman–Crippen LogP) is 2.63. The van der Waals surface area contributed by atoms with Crippen LogP contribution in [0, 0.1) is 0 Å². The molecule has 0 bridgehead atoms. The van der Waals surface area contributed by atoms with Crippen LogP contribution in [0.15, 0.2) is 36.4 Å². The highest BCUT2D eigenvalue weighted by atomic mass is 35.5. The molecule has 1 saturated heterocycles. The molecular formula is C18H20ClN3O3. The van der Waals surface area contributed by atoms with Crippen molar-refractivity contribution in [3.8, 4) is 22.8 Å². The average molecular weight is 362 g/mol. The molecule has 2 aliphatic rings. The highest BCUT2D eigenvalue weighted by Gasteiger charge is 2.22. The van der Waals surface area contributed by atoms with E-state index in [2.05, 4.69) is 15.6 Å². The van der Waals surface area contributed by atoms with Crippen LogP contribution in [0.1, 0.15) is 12.8 Å². The number of anilines is 1. The first kappa shape index (κ1) is 17.5. The molecule has 7 heteroatoms. The highest BCUT2D eigenvalue weighted by Crippen LogP contribution is 2.34. The van der Waals surface area contributed by atoms with E-state index in [4.69, 9.17) is 9.47 Å². The van der Waals surface area contributed by atoms with Crippen LogP contribution in [0.3, 0.4) is 0 Å². The van der Waals surface area contributed by atoms with Crippen molar-refractivity contribution in [2.75, 3.05) is 25.1 Å². The Hall–Kier alpha value is -2.31. The van der Waals surface area contributed by atoms with Crippen molar-refractivity contribution in [2.24, 2.45) is 0 Å². The van der Waals surface area contributed by atoms with Gasteiger partial charge in [0.15, 0.2) is 11.5 Å². The zero-order valence-corrected chi connectivity index (χ0v) is 14.5. The average Bonchev–Trinajstić information content (AvgIpc) is 3.16. The fourth-order valence-corrected chi connectivity index (χ4v) is 2.99. The van der Waals surface area contributed by atoms with E-state index < -0.39 is 0 Å². The van der Waals surface area contributed by atoms with Crippen LogP contribution in [0.2, 0.25) is 0 Å². The van der Waals surface area contributed by atoms with Gasteiger partial charge >= 0.3 is 0 Å². The molecule has 0 radical (unpaired) electrons. The standard InChI is InChI=1S/C18H19N3O3.ClH/c22-18(14-4-2-8-19-14)21-17-5-1-3-13(20-17)12-6-7-15-16(11-12)24-10-9-23-15;/h1,3,5-7,11,14,19H,2,4,8-10H2,(H,20,21,22);1H. The van der Waals surface area contributed by atoms with Crippen LogP contribution >= 0.6 is 12.4 Å². The number of amides is 1. The Morgan fingerprint density at radius 3 is 2.80 bits per heavy atom. The number of carbonyl (C=O) groups excluding carboxylic acids is 1. The quantitative estimate of drug-likeness (QED) is 0.879. The minimum absolute atomic E-state index is 0. The maximum Gasteiger partial charge on any atom is 0.242 e. The van der Waals surface area contributed by atoms with Gasteiger partial charge in [0.05, 0.1) is 11.7 Å². The van der Waals surface area contributed by atoms with Crippen molar-refractivity contribution in [3.05, 3.63) is 36.4 Å². The number of hydrogen-bond donors (Lipinski definition) is 2. The molecule has 0 saturated carbocycles. The molecule has 25 heavy (non-hydrogen) atoms. The van der Waals surface area contributed by atoms with Crippen molar-refractivity contribution >= 4 is 24.1 Å². The predicted molar refractivity (Wildman–Crippen MR) is 97.6 cm³/mol. The molecule has 2 aliphatic heterocycles. The molecule has 2 aromatic rings. The number of nitrogens with zero attached hydrogens (tertiary/aromatic N) is 1. The number of halogens is 1. The normalized spacial score (nSPS) is 18.3. The highest BCUT2D eigenvalue weighted by molar-refractivity contribution is 5.94. The summed E-state index contributed by atoms with van der Waals surface area (Å²) in [6.45, 7) is 2.01. The van der Waals surface area contributed by atoms with Crippen LogP contribution < -0.4 is 20.1 Å². The summed E-state index contributed by atoms with van der Waals surface area (Å²) < 4.78 is 11.2. The monoisotopic (exact) mass is 361 g/mol. The maximum absolute atomic E-state index is 12.2. The van der Waals surface area contributed by atoms with Gasteiger partial charge in [-0.15, -0.1) is 12.4 Å². The van der Waals surface area contributed by atoms with Crippen LogP contribution in [0.5, 0.6) is 11.5 Å². The molecular weight excluding hydrogens is 342 g/mol. The Balaban J connectivity index is 0.00000182. The zero-order chi connectivity index (χ0) is 16.4. The summed E-state index contributed by atoms with van der Waals surface area (Å²) in [5.74, 6) is 2.01. The molecule has 1 aromatic heterocycles. The Bertz CT molecular complexity index is 763. The number of aromatic nitrogens is 1. The summed E-state index contributed by atoms with van der Waals surface area (Å²) in [5, 5.41) is 6.07. The van der Waals surface area contributed by atoms with Gasteiger partial charge in [0.1, 0.15) is 19.0 Å². The molecule has 1 unspecified atom stereocenters. The molecule has 4 rings (SSSR count). The lowest BCUT2D eigenvalue weighted by molar-refractivity contribution is -0.117. The second kappa shape index (κ2) is 7.72. The molecule has 6 nitrogen and oxygen atoms in total. The Morgan fingerprint density at radius 2 is 2.00 bits per heavy atom. The molecule has 0 aliphatic carbocycles. The van der Waals surface area contributed by atoms with Crippen molar-refractivity contribution in [1.82, 2.24) is 10.3 Å². The number of fused-ring (bicyclic) bond motifs is 1. The zero-order valence-electron chi connectivity index (χ0n) is 13.7. The van der Waals surface area contributed by atoms with Gasteiger partial charge in [-0.05, 0) is 49.7 Å². The number of ether oxygens (including phenoxy) is 2. The van der Waals surface area contributed by atoms with Gasteiger partial charge in [0.2, 0.25) is 5.91 Å². The Morgan fingerprint density at radius 1 is 1.16 bits per heavy atom. The Kier molecular flexibility index (Phi) is 5.40. The third kappa shape index (κ3) is 3.86. The lowest BCUT2D eigenvalue weighted by Gasteiger charge is -2.19. The van der Waals surface area contributed by atoms with Crippen LogP contribution in [0.25, 0.3) is 11.3 Å². The fraction of sp³-hybridized carbons (Fsp3) is 0.333. The largest absolute Gasteiger partial charge is 0.486 e.